The van der Waals surface area contributed by atoms with Crippen molar-refractivity contribution >= 4 is 11.6 Å². The van der Waals surface area contributed by atoms with Crippen molar-refractivity contribution in [3.63, 3.8) is 0 Å². The molecule has 1 aliphatic rings. The lowest BCUT2D eigenvalue weighted by Gasteiger charge is -2.19. The Labute approximate surface area is 102 Å². The molecule has 1 aromatic rings. The fourth-order valence-electron chi connectivity index (χ4n) is 2.22. The number of nitrogens with one attached hydrogen (secondary N) is 1. The van der Waals surface area contributed by atoms with E-state index in [1.165, 1.54) is 5.56 Å². The Bertz CT molecular complexity index is 342. The van der Waals surface area contributed by atoms with Crippen molar-refractivity contribution in [2.24, 2.45) is 5.92 Å². The van der Waals surface area contributed by atoms with Gasteiger partial charge in [0.25, 0.3) is 0 Å². The van der Waals surface area contributed by atoms with Gasteiger partial charge in [-0.15, -0.1) is 0 Å². The molecule has 1 aliphatic heterocycles. The highest BCUT2D eigenvalue weighted by Crippen LogP contribution is 2.34. The van der Waals surface area contributed by atoms with E-state index in [0.29, 0.717) is 5.92 Å². The van der Waals surface area contributed by atoms with Gasteiger partial charge in [0.15, 0.2) is 0 Å². The van der Waals surface area contributed by atoms with Crippen molar-refractivity contribution in [3.05, 3.63) is 34.9 Å². The largest absolute Gasteiger partial charge is 0.373 e. The van der Waals surface area contributed by atoms with Gasteiger partial charge in [-0.25, -0.2) is 0 Å². The van der Waals surface area contributed by atoms with E-state index in [2.05, 4.69) is 18.3 Å². The molecule has 88 valence electrons. The number of hydrogen-bond acceptors (Lipinski definition) is 2. The molecule has 2 nitrogen and oxygen atoms in total. The van der Waals surface area contributed by atoms with Crippen molar-refractivity contribution < 1.29 is 4.74 Å². The standard InChI is InChI=1S/C13H18ClNO/c1-2-15-9-11-6-7-16-13(11)10-4-3-5-12(14)8-10/h3-5,8,11,13,15H,2,6-7,9H2,1H3. The SMILES string of the molecule is CCNCC1CCOC1c1cccc(Cl)c1. The Morgan fingerprint density at radius 2 is 2.38 bits per heavy atom. The Morgan fingerprint density at radius 3 is 3.12 bits per heavy atom. The van der Waals surface area contributed by atoms with Crippen LogP contribution >= 0.6 is 11.6 Å². The number of hydrogen-bond donors (Lipinski definition) is 1. The molecule has 1 heterocycles. The van der Waals surface area contributed by atoms with Gasteiger partial charge < -0.3 is 10.1 Å². The van der Waals surface area contributed by atoms with Crippen LogP contribution in [-0.2, 0) is 4.74 Å². The van der Waals surface area contributed by atoms with Gasteiger partial charge in [-0.05, 0) is 30.7 Å². The van der Waals surface area contributed by atoms with Crippen LogP contribution in [0.2, 0.25) is 5.02 Å². The monoisotopic (exact) mass is 239 g/mol. The topological polar surface area (TPSA) is 21.3 Å². The maximum atomic E-state index is 6.00. The number of rotatable bonds is 4. The summed E-state index contributed by atoms with van der Waals surface area (Å²) in [5.41, 5.74) is 1.20. The molecule has 0 aliphatic carbocycles. The summed E-state index contributed by atoms with van der Waals surface area (Å²) in [6.45, 7) is 5.02. The number of benzene rings is 1. The van der Waals surface area contributed by atoms with Gasteiger partial charge in [0.05, 0.1) is 6.10 Å². The zero-order valence-corrected chi connectivity index (χ0v) is 10.3. The van der Waals surface area contributed by atoms with Gasteiger partial charge in [-0.3, -0.25) is 0 Å². The number of ether oxygens (including phenoxy) is 1. The maximum Gasteiger partial charge on any atom is 0.0866 e. The molecule has 0 radical (unpaired) electrons. The first-order chi connectivity index (χ1) is 7.81. The second-order valence-corrected chi connectivity index (χ2v) is 4.64. The molecule has 0 amide bonds. The third kappa shape index (κ3) is 2.76. The van der Waals surface area contributed by atoms with E-state index in [4.69, 9.17) is 16.3 Å². The van der Waals surface area contributed by atoms with Crippen LogP contribution in [0.4, 0.5) is 0 Å². The van der Waals surface area contributed by atoms with Gasteiger partial charge >= 0.3 is 0 Å². The summed E-state index contributed by atoms with van der Waals surface area (Å²) >= 11 is 6.00. The molecule has 1 fully saturated rings. The van der Waals surface area contributed by atoms with Crippen molar-refractivity contribution in [2.45, 2.75) is 19.4 Å². The summed E-state index contributed by atoms with van der Waals surface area (Å²) in [4.78, 5) is 0. The molecule has 3 heteroatoms. The first-order valence-corrected chi connectivity index (χ1v) is 6.27. The van der Waals surface area contributed by atoms with Crippen molar-refractivity contribution in [3.8, 4) is 0 Å². The third-order valence-corrected chi connectivity index (χ3v) is 3.28. The fourth-order valence-corrected chi connectivity index (χ4v) is 2.42. The van der Waals surface area contributed by atoms with Gasteiger partial charge in [-0.1, -0.05) is 30.7 Å². The average Bonchev–Trinajstić information content (AvgIpc) is 2.74. The predicted molar refractivity (Wildman–Crippen MR) is 66.8 cm³/mol. The van der Waals surface area contributed by atoms with Crippen LogP contribution in [0, 0.1) is 5.92 Å². The van der Waals surface area contributed by atoms with Crippen molar-refractivity contribution in [1.82, 2.24) is 5.32 Å². The molecule has 1 saturated heterocycles. The quantitative estimate of drug-likeness (QED) is 0.872. The molecule has 0 spiro atoms. The van der Waals surface area contributed by atoms with Gasteiger partial charge in [0.2, 0.25) is 0 Å². The maximum absolute atomic E-state index is 6.00. The van der Waals surface area contributed by atoms with Gasteiger partial charge in [0, 0.05) is 24.1 Å². The lowest BCUT2D eigenvalue weighted by atomic mass is 9.95. The number of halogens is 1. The minimum Gasteiger partial charge on any atom is -0.373 e. The smallest absolute Gasteiger partial charge is 0.0866 e. The predicted octanol–water partition coefficient (Wildman–Crippen LogP) is 3.03. The molecular formula is C13H18ClNO. The second kappa shape index (κ2) is 5.67. The molecule has 16 heavy (non-hydrogen) atoms. The second-order valence-electron chi connectivity index (χ2n) is 4.20. The molecule has 2 rings (SSSR count). The molecule has 0 bridgehead atoms. The molecule has 1 aromatic carbocycles. The molecular weight excluding hydrogens is 222 g/mol. The first-order valence-electron chi connectivity index (χ1n) is 5.89. The van der Waals surface area contributed by atoms with E-state index in [1.807, 2.05) is 18.2 Å². The molecule has 0 saturated carbocycles. The lowest BCUT2D eigenvalue weighted by molar-refractivity contribution is 0.0906. The van der Waals surface area contributed by atoms with Crippen LogP contribution in [-0.4, -0.2) is 19.7 Å². The normalized spacial score (nSPS) is 24.9. The Hall–Kier alpha value is -0.570. The average molecular weight is 240 g/mol. The highest BCUT2D eigenvalue weighted by atomic mass is 35.5. The fraction of sp³-hybridized carbons (Fsp3) is 0.538. The zero-order valence-electron chi connectivity index (χ0n) is 9.58. The van der Waals surface area contributed by atoms with Crippen LogP contribution in [0.15, 0.2) is 24.3 Å². The summed E-state index contributed by atoms with van der Waals surface area (Å²) in [5.74, 6) is 0.568. The Balaban J connectivity index is 2.07. The highest BCUT2D eigenvalue weighted by molar-refractivity contribution is 6.30. The summed E-state index contributed by atoms with van der Waals surface area (Å²) in [7, 11) is 0. The first kappa shape index (κ1) is 11.9. The zero-order chi connectivity index (χ0) is 11.4. The minimum absolute atomic E-state index is 0.206. The summed E-state index contributed by atoms with van der Waals surface area (Å²) in [6, 6.07) is 8.00. The van der Waals surface area contributed by atoms with Crippen molar-refractivity contribution in [2.75, 3.05) is 19.7 Å². The highest BCUT2D eigenvalue weighted by Gasteiger charge is 2.29. The minimum atomic E-state index is 0.206. The molecule has 0 aromatic heterocycles. The molecule has 2 unspecified atom stereocenters. The molecule has 1 N–H and O–H groups in total. The lowest BCUT2D eigenvalue weighted by Crippen LogP contribution is -2.24. The summed E-state index contributed by atoms with van der Waals surface area (Å²) in [5, 5.41) is 4.18. The van der Waals surface area contributed by atoms with Crippen LogP contribution in [0.1, 0.15) is 25.0 Å². The molecule has 2 atom stereocenters. The van der Waals surface area contributed by atoms with Crippen LogP contribution in [0.25, 0.3) is 0 Å². The Kier molecular flexibility index (Phi) is 4.22. The van der Waals surface area contributed by atoms with E-state index >= 15 is 0 Å². The van der Waals surface area contributed by atoms with E-state index in [9.17, 15) is 0 Å². The van der Waals surface area contributed by atoms with E-state index in [0.717, 1.165) is 31.1 Å². The van der Waals surface area contributed by atoms with Crippen LogP contribution in [0.5, 0.6) is 0 Å². The van der Waals surface area contributed by atoms with Crippen LogP contribution < -0.4 is 5.32 Å². The Morgan fingerprint density at radius 1 is 1.50 bits per heavy atom. The van der Waals surface area contributed by atoms with E-state index < -0.39 is 0 Å². The summed E-state index contributed by atoms with van der Waals surface area (Å²) < 4.78 is 5.81. The van der Waals surface area contributed by atoms with Gasteiger partial charge in [0.1, 0.15) is 0 Å². The summed E-state index contributed by atoms with van der Waals surface area (Å²) in [6.07, 6.45) is 1.34. The van der Waals surface area contributed by atoms with Gasteiger partial charge in [-0.2, -0.15) is 0 Å². The van der Waals surface area contributed by atoms with Crippen LogP contribution in [0.3, 0.4) is 0 Å². The third-order valence-electron chi connectivity index (χ3n) is 3.05. The van der Waals surface area contributed by atoms with E-state index in [1.54, 1.807) is 0 Å². The van der Waals surface area contributed by atoms with E-state index in [-0.39, 0.29) is 6.10 Å². The van der Waals surface area contributed by atoms with Crippen molar-refractivity contribution in [1.29, 1.82) is 0 Å².